The Hall–Kier alpha value is -3.79. The summed E-state index contributed by atoms with van der Waals surface area (Å²) in [5.74, 6) is -0.408. The first-order valence-corrected chi connectivity index (χ1v) is 9.99. The normalized spacial score (nSPS) is 11.4. The molecule has 0 aliphatic rings. The molecule has 0 saturated carbocycles. The van der Waals surface area contributed by atoms with Gasteiger partial charge in [-0.2, -0.15) is 0 Å². The number of aliphatic hydroxyl groups excluding tert-OH is 1. The number of carbonyl (C=O) groups excluding carboxylic acids is 2. The van der Waals surface area contributed by atoms with Gasteiger partial charge < -0.3 is 14.4 Å². The zero-order chi connectivity index (χ0) is 23.5. The van der Waals surface area contributed by atoms with Crippen molar-refractivity contribution in [3.63, 3.8) is 0 Å². The number of carbonyl (C=O) groups is 2. The van der Waals surface area contributed by atoms with Gasteiger partial charge in [-0.1, -0.05) is 6.07 Å². The molecule has 0 radical (unpaired) electrons. The molecule has 0 spiro atoms. The van der Waals surface area contributed by atoms with E-state index in [0.717, 1.165) is 0 Å². The van der Waals surface area contributed by atoms with E-state index in [1.54, 1.807) is 43.5 Å². The number of hydrogen-bond acceptors (Lipinski definition) is 7. The van der Waals surface area contributed by atoms with Crippen LogP contribution in [-0.4, -0.2) is 38.1 Å². The minimum atomic E-state index is -0.677. The van der Waals surface area contributed by atoms with E-state index >= 15 is 0 Å². The van der Waals surface area contributed by atoms with Crippen molar-refractivity contribution < 1.29 is 24.4 Å². The van der Waals surface area contributed by atoms with E-state index in [-0.39, 0.29) is 23.8 Å². The number of aryl methyl sites for hydroxylation is 1. The van der Waals surface area contributed by atoms with Gasteiger partial charge in [0.1, 0.15) is 5.75 Å². The van der Waals surface area contributed by atoms with Gasteiger partial charge in [-0.25, -0.2) is 4.98 Å². The molecule has 1 heterocycles. The van der Waals surface area contributed by atoms with Crippen molar-refractivity contribution in [3.8, 4) is 5.75 Å². The lowest BCUT2D eigenvalue weighted by Crippen LogP contribution is -2.25. The largest absolute Gasteiger partial charge is 0.426 e. The summed E-state index contributed by atoms with van der Waals surface area (Å²) in [5.41, 5.74) is 0.389. The van der Waals surface area contributed by atoms with Gasteiger partial charge in [-0.3, -0.25) is 25.0 Å². The van der Waals surface area contributed by atoms with Gasteiger partial charge in [0.25, 0.3) is 11.6 Å². The molecule has 1 amide bonds. The first-order valence-electron chi connectivity index (χ1n) is 9.99. The number of anilines is 1. The Kier molecular flexibility index (Phi) is 6.54. The SMILES string of the molecule is CC(C)(C)C(=O)Oc1ccc2nc(NC(=O)c3cccc([N+](=O)[O-])c3)n(CCCO)c2c1. The van der Waals surface area contributed by atoms with E-state index < -0.39 is 22.2 Å². The van der Waals surface area contributed by atoms with Crippen LogP contribution in [0, 0.1) is 15.5 Å². The number of hydrogen-bond donors (Lipinski definition) is 2. The fraction of sp³-hybridized carbons (Fsp3) is 0.318. The van der Waals surface area contributed by atoms with E-state index in [1.165, 1.54) is 24.3 Å². The molecule has 2 aromatic carbocycles. The van der Waals surface area contributed by atoms with Crippen LogP contribution in [0.2, 0.25) is 0 Å². The smallest absolute Gasteiger partial charge is 0.316 e. The number of non-ortho nitro benzene ring substituents is 1. The Morgan fingerprint density at radius 1 is 1.22 bits per heavy atom. The summed E-state index contributed by atoms with van der Waals surface area (Å²) in [6, 6.07) is 10.3. The number of amides is 1. The molecule has 0 atom stereocenters. The molecule has 0 unspecified atom stereocenters. The second kappa shape index (κ2) is 9.15. The minimum Gasteiger partial charge on any atom is -0.426 e. The van der Waals surface area contributed by atoms with Gasteiger partial charge in [-0.05, 0) is 45.4 Å². The quantitative estimate of drug-likeness (QED) is 0.248. The summed E-state index contributed by atoms with van der Waals surface area (Å²) >= 11 is 0. The van der Waals surface area contributed by atoms with E-state index in [1.807, 2.05) is 0 Å². The number of imidazole rings is 1. The molecule has 0 saturated heterocycles. The van der Waals surface area contributed by atoms with Crippen LogP contribution in [-0.2, 0) is 11.3 Å². The van der Waals surface area contributed by atoms with Crippen molar-refractivity contribution in [1.29, 1.82) is 0 Å². The maximum Gasteiger partial charge on any atom is 0.316 e. The molecule has 10 nitrogen and oxygen atoms in total. The Morgan fingerprint density at radius 3 is 2.62 bits per heavy atom. The number of ether oxygens (including phenoxy) is 1. The number of benzene rings is 2. The first-order chi connectivity index (χ1) is 15.1. The van der Waals surface area contributed by atoms with Crippen molar-refractivity contribution in [3.05, 3.63) is 58.1 Å². The number of nitro benzene ring substituents is 1. The molecule has 10 heteroatoms. The Morgan fingerprint density at radius 2 is 1.97 bits per heavy atom. The summed E-state index contributed by atoms with van der Waals surface area (Å²) < 4.78 is 7.15. The van der Waals surface area contributed by atoms with Crippen molar-refractivity contribution >= 4 is 34.5 Å². The highest BCUT2D eigenvalue weighted by molar-refractivity contribution is 6.04. The van der Waals surface area contributed by atoms with Gasteiger partial charge in [0.15, 0.2) is 0 Å². The number of nitro groups is 1. The second-order valence-electron chi connectivity index (χ2n) is 8.22. The van der Waals surface area contributed by atoms with Gasteiger partial charge >= 0.3 is 5.97 Å². The van der Waals surface area contributed by atoms with Gasteiger partial charge in [0.2, 0.25) is 5.95 Å². The average molecular weight is 440 g/mol. The zero-order valence-corrected chi connectivity index (χ0v) is 18.0. The number of esters is 1. The van der Waals surface area contributed by atoms with Crippen LogP contribution in [0.5, 0.6) is 5.75 Å². The summed E-state index contributed by atoms with van der Waals surface area (Å²) in [5, 5.41) is 22.9. The van der Waals surface area contributed by atoms with Gasteiger partial charge in [0, 0.05) is 36.9 Å². The lowest BCUT2D eigenvalue weighted by atomic mass is 9.97. The van der Waals surface area contributed by atoms with Crippen molar-refractivity contribution in [1.82, 2.24) is 9.55 Å². The maximum atomic E-state index is 12.7. The third-order valence-corrected chi connectivity index (χ3v) is 4.63. The molecule has 3 aromatic rings. The van der Waals surface area contributed by atoms with E-state index in [4.69, 9.17) is 4.74 Å². The van der Waals surface area contributed by atoms with Crippen LogP contribution in [0.25, 0.3) is 11.0 Å². The molecule has 0 bridgehead atoms. The predicted molar refractivity (Wildman–Crippen MR) is 118 cm³/mol. The number of nitrogens with zero attached hydrogens (tertiary/aromatic N) is 3. The standard InChI is InChI=1S/C22H24N4O6/c1-22(2,3)20(29)32-16-8-9-17-18(13-16)25(10-5-11-27)21(23-17)24-19(28)14-6-4-7-15(12-14)26(30)31/h4,6-9,12-13,27H,5,10-11H2,1-3H3,(H,23,24,28). The molecular formula is C22H24N4O6. The molecular weight excluding hydrogens is 416 g/mol. The number of rotatable bonds is 7. The fourth-order valence-electron chi connectivity index (χ4n) is 2.91. The molecule has 2 N–H and O–H groups in total. The van der Waals surface area contributed by atoms with Gasteiger partial charge in [0.05, 0.1) is 21.4 Å². The molecule has 32 heavy (non-hydrogen) atoms. The summed E-state index contributed by atoms with van der Waals surface area (Å²) in [6.07, 6.45) is 0.400. The average Bonchev–Trinajstić information content (AvgIpc) is 3.07. The second-order valence-corrected chi connectivity index (χ2v) is 8.22. The van der Waals surface area contributed by atoms with E-state index in [9.17, 15) is 24.8 Å². The fourth-order valence-corrected chi connectivity index (χ4v) is 2.91. The van der Waals surface area contributed by atoms with Crippen molar-refractivity contribution in [2.45, 2.75) is 33.7 Å². The monoisotopic (exact) mass is 440 g/mol. The molecule has 0 fully saturated rings. The summed E-state index contributed by atoms with van der Waals surface area (Å²) in [4.78, 5) is 39.8. The number of aliphatic hydroxyl groups is 1. The maximum absolute atomic E-state index is 12.7. The third-order valence-electron chi connectivity index (χ3n) is 4.63. The molecule has 0 aliphatic carbocycles. The summed E-state index contributed by atoms with van der Waals surface area (Å²) in [7, 11) is 0. The van der Waals surface area contributed by atoms with Crippen LogP contribution in [0.15, 0.2) is 42.5 Å². The highest BCUT2D eigenvalue weighted by Gasteiger charge is 2.24. The predicted octanol–water partition coefficient (Wildman–Crippen LogP) is 3.53. The highest BCUT2D eigenvalue weighted by Crippen LogP contribution is 2.27. The molecule has 0 aliphatic heterocycles. The Bertz CT molecular complexity index is 1180. The summed E-state index contributed by atoms with van der Waals surface area (Å²) in [6.45, 7) is 5.52. The van der Waals surface area contributed by atoms with E-state index in [2.05, 4.69) is 10.3 Å². The molecule has 168 valence electrons. The first kappa shape index (κ1) is 22.9. The lowest BCUT2D eigenvalue weighted by molar-refractivity contribution is -0.384. The van der Waals surface area contributed by atoms with Crippen LogP contribution in [0.3, 0.4) is 0 Å². The van der Waals surface area contributed by atoms with Crippen LogP contribution in [0.1, 0.15) is 37.6 Å². The number of fused-ring (bicyclic) bond motifs is 1. The van der Waals surface area contributed by atoms with Crippen LogP contribution in [0.4, 0.5) is 11.6 Å². The highest BCUT2D eigenvalue weighted by atomic mass is 16.6. The van der Waals surface area contributed by atoms with Crippen molar-refractivity contribution in [2.75, 3.05) is 11.9 Å². The third kappa shape index (κ3) is 5.09. The lowest BCUT2D eigenvalue weighted by Gasteiger charge is -2.16. The molecule has 3 rings (SSSR count). The van der Waals surface area contributed by atoms with Crippen LogP contribution >= 0.6 is 0 Å². The molecule has 1 aromatic heterocycles. The minimum absolute atomic E-state index is 0.0728. The Balaban J connectivity index is 1.95. The number of nitrogens with one attached hydrogen (secondary N) is 1. The topological polar surface area (TPSA) is 137 Å². The number of aromatic nitrogens is 2. The van der Waals surface area contributed by atoms with Gasteiger partial charge in [-0.15, -0.1) is 0 Å². The van der Waals surface area contributed by atoms with Crippen molar-refractivity contribution in [2.24, 2.45) is 5.41 Å². The zero-order valence-electron chi connectivity index (χ0n) is 18.0. The van der Waals surface area contributed by atoms with Crippen LogP contribution < -0.4 is 10.1 Å². The van der Waals surface area contributed by atoms with E-state index in [0.29, 0.717) is 29.7 Å². The Labute approximate surface area is 184 Å².